The molecule has 1 rings (SSSR count). The van der Waals surface area contributed by atoms with Gasteiger partial charge in [-0.15, -0.1) is 10.2 Å². The van der Waals surface area contributed by atoms with Crippen molar-refractivity contribution in [3.63, 3.8) is 0 Å². The van der Waals surface area contributed by atoms with Crippen molar-refractivity contribution >= 4 is 11.7 Å². The van der Waals surface area contributed by atoms with E-state index >= 15 is 0 Å². The lowest BCUT2D eigenvalue weighted by Gasteiger charge is -2.10. The fourth-order valence-electron chi connectivity index (χ4n) is 1.20. The minimum atomic E-state index is -0.172. The van der Waals surface area contributed by atoms with E-state index in [0.29, 0.717) is 11.5 Å². The topological polar surface area (TPSA) is 66.9 Å². The molecule has 1 aromatic rings. The van der Waals surface area contributed by atoms with Crippen LogP contribution < -0.4 is 10.6 Å². The van der Waals surface area contributed by atoms with Gasteiger partial charge in [0.1, 0.15) is 5.82 Å². The Morgan fingerprint density at radius 3 is 2.65 bits per heavy atom. The van der Waals surface area contributed by atoms with Gasteiger partial charge in [-0.25, -0.2) is 0 Å². The van der Waals surface area contributed by atoms with E-state index in [9.17, 15) is 4.79 Å². The highest BCUT2D eigenvalue weighted by atomic mass is 16.2. The normalized spacial score (nSPS) is 11.9. The first-order valence-electron chi connectivity index (χ1n) is 6.05. The Balaban J connectivity index is 2.57. The lowest BCUT2D eigenvalue weighted by Crippen LogP contribution is -2.32. The van der Waals surface area contributed by atoms with Crippen molar-refractivity contribution < 1.29 is 4.79 Å². The summed E-state index contributed by atoms with van der Waals surface area (Å²) in [6, 6.07) is 3.61. The van der Waals surface area contributed by atoms with Crippen LogP contribution in [0.25, 0.3) is 0 Å². The number of hydrogen-bond acceptors (Lipinski definition) is 4. The Morgan fingerprint density at radius 1 is 1.35 bits per heavy atom. The van der Waals surface area contributed by atoms with E-state index in [1.807, 2.05) is 13.8 Å². The Morgan fingerprint density at radius 2 is 2.12 bits per heavy atom. The Labute approximate surface area is 102 Å². The molecule has 5 nitrogen and oxygen atoms in total. The molecule has 0 aliphatic heterocycles. The second-order valence-electron chi connectivity index (χ2n) is 4.01. The average Bonchev–Trinajstić information content (AvgIpc) is 2.36. The zero-order valence-corrected chi connectivity index (χ0v) is 10.7. The summed E-state index contributed by atoms with van der Waals surface area (Å²) in [5, 5.41) is 13.8. The molecule has 0 saturated carbocycles. The second kappa shape index (κ2) is 6.83. The molecule has 1 unspecified atom stereocenters. The molecular weight excluding hydrogens is 216 g/mol. The molecule has 1 atom stereocenters. The molecule has 0 bridgehead atoms. The van der Waals surface area contributed by atoms with Crippen LogP contribution in [0.3, 0.4) is 0 Å². The molecule has 0 saturated heterocycles. The van der Waals surface area contributed by atoms with Crippen molar-refractivity contribution in [3.8, 4) is 0 Å². The molecule has 5 heteroatoms. The fourth-order valence-corrected chi connectivity index (χ4v) is 1.20. The van der Waals surface area contributed by atoms with Gasteiger partial charge in [0.2, 0.25) is 0 Å². The highest BCUT2D eigenvalue weighted by Gasteiger charge is 2.10. The van der Waals surface area contributed by atoms with Gasteiger partial charge in [-0.1, -0.05) is 13.8 Å². The third-order valence-corrected chi connectivity index (χ3v) is 2.44. The van der Waals surface area contributed by atoms with Gasteiger partial charge in [-0.2, -0.15) is 0 Å². The standard InChI is InChI=1S/C12H20N4O/c1-4-8-13-11-7-6-10(15-16-11)12(17)14-9(3)5-2/h6-7,9H,4-5,8H2,1-3H3,(H,13,16)(H,14,17). The van der Waals surface area contributed by atoms with E-state index < -0.39 is 0 Å². The predicted octanol–water partition coefficient (Wildman–Crippen LogP) is 1.83. The van der Waals surface area contributed by atoms with Gasteiger partial charge in [0.25, 0.3) is 5.91 Å². The number of amides is 1. The first kappa shape index (κ1) is 13.4. The number of nitrogens with zero attached hydrogens (tertiary/aromatic N) is 2. The zero-order chi connectivity index (χ0) is 12.7. The van der Waals surface area contributed by atoms with Crippen molar-refractivity contribution in [2.75, 3.05) is 11.9 Å². The van der Waals surface area contributed by atoms with Gasteiger partial charge in [0.15, 0.2) is 5.69 Å². The van der Waals surface area contributed by atoms with Crippen LogP contribution in [0.15, 0.2) is 12.1 Å². The maximum Gasteiger partial charge on any atom is 0.272 e. The quantitative estimate of drug-likeness (QED) is 0.790. The summed E-state index contributed by atoms with van der Waals surface area (Å²) in [6.07, 6.45) is 1.92. The smallest absolute Gasteiger partial charge is 0.272 e. The molecular formula is C12H20N4O. The Bertz CT molecular complexity index is 350. The Kier molecular flexibility index (Phi) is 5.39. The lowest BCUT2D eigenvalue weighted by molar-refractivity contribution is 0.0933. The summed E-state index contributed by atoms with van der Waals surface area (Å²) in [5.74, 6) is 0.529. The summed E-state index contributed by atoms with van der Waals surface area (Å²) in [7, 11) is 0. The SMILES string of the molecule is CCCNc1ccc(C(=O)NC(C)CC)nn1. The van der Waals surface area contributed by atoms with Gasteiger partial charge in [0, 0.05) is 12.6 Å². The minimum Gasteiger partial charge on any atom is -0.369 e. The molecule has 0 aromatic carbocycles. The van der Waals surface area contributed by atoms with Crippen LogP contribution in [0.1, 0.15) is 44.1 Å². The molecule has 0 radical (unpaired) electrons. The van der Waals surface area contributed by atoms with E-state index in [0.717, 1.165) is 19.4 Å². The third kappa shape index (κ3) is 4.38. The van der Waals surface area contributed by atoms with Crippen LogP contribution in [0.4, 0.5) is 5.82 Å². The van der Waals surface area contributed by atoms with Crippen molar-refractivity contribution in [2.24, 2.45) is 0 Å². The van der Waals surface area contributed by atoms with Gasteiger partial charge < -0.3 is 10.6 Å². The summed E-state index contributed by atoms with van der Waals surface area (Å²) >= 11 is 0. The maximum absolute atomic E-state index is 11.7. The highest BCUT2D eigenvalue weighted by Crippen LogP contribution is 2.02. The van der Waals surface area contributed by atoms with Crippen LogP contribution in [0.2, 0.25) is 0 Å². The van der Waals surface area contributed by atoms with Gasteiger partial charge >= 0.3 is 0 Å². The van der Waals surface area contributed by atoms with Crippen molar-refractivity contribution in [1.29, 1.82) is 0 Å². The Hall–Kier alpha value is -1.65. The average molecular weight is 236 g/mol. The molecule has 0 spiro atoms. The molecule has 2 N–H and O–H groups in total. The number of carbonyl (C=O) groups is 1. The van der Waals surface area contributed by atoms with Crippen molar-refractivity contribution in [2.45, 2.75) is 39.7 Å². The van der Waals surface area contributed by atoms with Gasteiger partial charge in [-0.3, -0.25) is 4.79 Å². The number of aromatic nitrogens is 2. The van der Waals surface area contributed by atoms with Crippen LogP contribution in [0.5, 0.6) is 0 Å². The van der Waals surface area contributed by atoms with Crippen molar-refractivity contribution in [3.05, 3.63) is 17.8 Å². The highest BCUT2D eigenvalue weighted by molar-refractivity contribution is 5.92. The van der Waals surface area contributed by atoms with E-state index in [1.165, 1.54) is 0 Å². The largest absolute Gasteiger partial charge is 0.369 e. The monoisotopic (exact) mass is 236 g/mol. The van der Waals surface area contributed by atoms with E-state index in [1.54, 1.807) is 12.1 Å². The zero-order valence-electron chi connectivity index (χ0n) is 10.7. The van der Waals surface area contributed by atoms with E-state index in [-0.39, 0.29) is 11.9 Å². The summed E-state index contributed by atoms with van der Waals surface area (Å²) in [5.41, 5.74) is 0.354. The number of rotatable bonds is 6. The molecule has 1 heterocycles. The summed E-state index contributed by atoms with van der Waals surface area (Å²) in [4.78, 5) is 11.7. The van der Waals surface area contributed by atoms with Crippen LogP contribution >= 0.6 is 0 Å². The number of hydrogen-bond donors (Lipinski definition) is 2. The van der Waals surface area contributed by atoms with E-state index in [2.05, 4.69) is 27.8 Å². The van der Waals surface area contributed by atoms with Crippen LogP contribution in [-0.4, -0.2) is 28.7 Å². The summed E-state index contributed by atoms with van der Waals surface area (Å²) < 4.78 is 0. The number of carbonyl (C=O) groups excluding carboxylic acids is 1. The number of anilines is 1. The van der Waals surface area contributed by atoms with Crippen molar-refractivity contribution in [1.82, 2.24) is 15.5 Å². The predicted molar refractivity (Wildman–Crippen MR) is 68.0 cm³/mol. The van der Waals surface area contributed by atoms with Crippen LogP contribution in [0, 0.1) is 0 Å². The first-order valence-corrected chi connectivity index (χ1v) is 6.05. The first-order chi connectivity index (χ1) is 8.17. The minimum absolute atomic E-state index is 0.155. The molecule has 0 aliphatic rings. The van der Waals surface area contributed by atoms with Gasteiger partial charge in [0.05, 0.1) is 0 Å². The lowest BCUT2D eigenvalue weighted by atomic mass is 10.2. The van der Waals surface area contributed by atoms with Crippen LogP contribution in [-0.2, 0) is 0 Å². The molecule has 0 fully saturated rings. The number of nitrogens with one attached hydrogen (secondary N) is 2. The second-order valence-corrected chi connectivity index (χ2v) is 4.01. The summed E-state index contributed by atoms with van der Waals surface area (Å²) in [6.45, 7) is 6.92. The molecule has 94 valence electrons. The third-order valence-electron chi connectivity index (χ3n) is 2.44. The van der Waals surface area contributed by atoms with E-state index in [4.69, 9.17) is 0 Å². The van der Waals surface area contributed by atoms with Gasteiger partial charge in [-0.05, 0) is 31.9 Å². The fraction of sp³-hybridized carbons (Fsp3) is 0.583. The molecule has 1 amide bonds. The maximum atomic E-state index is 11.7. The molecule has 17 heavy (non-hydrogen) atoms. The molecule has 1 aromatic heterocycles. The molecule has 0 aliphatic carbocycles.